The Labute approximate surface area is 148 Å². The number of hydrogen-bond acceptors (Lipinski definition) is 3. The van der Waals surface area contributed by atoms with Crippen LogP contribution in [0.5, 0.6) is 0 Å². The average molecular weight is 340 g/mol. The number of thiophene rings is 1. The van der Waals surface area contributed by atoms with Crippen LogP contribution in [0.15, 0.2) is 54.2 Å². The fraction of sp³-hybridized carbons (Fsp3) is 0.350. The molecular formula is C20H25N3S. The molecule has 0 bridgehead atoms. The summed E-state index contributed by atoms with van der Waals surface area (Å²) in [5.41, 5.74) is 3.96. The molecule has 0 aliphatic carbocycles. The summed E-state index contributed by atoms with van der Waals surface area (Å²) in [6.07, 6.45) is 7.65. The molecule has 2 heterocycles. The second kappa shape index (κ2) is 8.27. The maximum atomic E-state index is 4.25. The molecule has 0 aliphatic heterocycles. The van der Waals surface area contributed by atoms with Crippen molar-refractivity contribution in [2.45, 2.75) is 38.8 Å². The summed E-state index contributed by atoms with van der Waals surface area (Å²) in [5.74, 6) is 0. The van der Waals surface area contributed by atoms with Crippen molar-refractivity contribution in [3.05, 3.63) is 75.7 Å². The molecule has 1 N–H and O–H groups in total. The minimum Gasteiger partial charge on any atom is -0.301 e. The number of hydrogen-bond donors (Lipinski definition) is 1. The Hall–Kier alpha value is -1.91. The first kappa shape index (κ1) is 16.9. The molecule has 3 nitrogen and oxygen atoms in total. The van der Waals surface area contributed by atoms with Gasteiger partial charge in [0.1, 0.15) is 0 Å². The van der Waals surface area contributed by atoms with Crippen molar-refractivity contribution in [2.24, 2.45) is 7.05 Å². The van der Waals surface area contributed by atoms with Gasteiger partial charge >= 0.3 is 0 Å². The third-order valence-electron chi connectivity index (χ3n) is 4.23. The van der Waals surface area contributed by atoms with Crippen molar-refractivity contribution in [1.82, 2.24) is 15.1 Å². The summed E-state index contributed by atoms with van der Waals surface area (Å²) < 4.78 is 1.85. The van der Waals surface area contributed by atoms with Gasteiger partial charge in [0, 0.05) is 30.2 Å². The second-order valence-corrected chi connectivity index (χ2v) is 7.18. The Balaban J connectivity index is 1.74. The lowest BCUT2D eigenvalue weighted by Gasteiger charge is -2.18. The number of aryl methyl sites for hydroxylation is 2. The molecule has 3 aromatic rings. The zero-order valence-corrected chi connectivity index (χ0v) is 15.2. The lowest BCUT2D eigenvalue weighted by Crippen LogP contribution is -2.21. The molecule has 0 amide bonds. The highest BCUT2D eigenvalue weighted by Crippen LogP contribution is 2.27. The van der Waals surface area contributed by atoms with Gasteiger partial charge in [0.05, 0.1) is 12.2 Å². The normalized spacial score (nSPS) is 12.4. The summed E-state index contributed by atoms with van der Waals surface area (Å²) in [4.78, 5) is 1.35. The SMILES string of the molecule is CCCCc1ccc(C(NCc2cnn(C)c2)c2cccs2)cc1. The highest BCUT2D eigenvalue weighted by Gasteiger charge is 2.15. The largest absolute Gasteiger partial charge is 0.301 e. The molecule has 0 saturated heterocycles. The number of nitrogens with one attached hydrogen (secondary N) is 1. The van der Waals surface area contributed by atoms with E-state index in [1.54, 1.807) is 11.3 Å². The van der Waals surface area contributed by atoms with Crippen LogP contribution in [0.4, 0.5) is 0 Å². The Kier molecular flexibility index (Phi) is 5.83. The summed E-state index contributed by atoms with van der Waals surface area (Å²) in [5, 5.41) is 10.1. The Morgan fingerprint density at radius 2 is 2.00 bits per heavy atom. The summed E-state index contributed by atoms with van der Waals surface area (Å²) in [6.45, 7) is 3.05. The van der Waals surface area contributed by atoms with Crippen LogP contribution >= 0.6 is 11.3 Å². The van der Waals surface area contributed by atoms with Crippen LogP contribution < -0.4 is 5.32 Å². The molecule has 0 aliphatic rings. The summed E-state index contributed by atoms with van der Waals surface area (Å²) in [7, 11) is 1.95. The average Bonchev–Trinajstić information content (AvgIpc) is 3.26. The Bertz CT molecular complexity index is 729. The third kappa shape index (κ3) is 4.34. The van der Waals surface area contributed by atoms with Gasteiger partial charge in [-0.25, -0.2) is 0 Å². The van der Waals surface area contributed by atoms with Crippen molar-refractivity contribution in [3.8, 4) is 0 Å². The monoisotopic (exact) mass is 339 g/mol. The molecule has 1 aromatic carbocycles. The molecule has 0 fully saturated rings. The first-order chi connectivity index (χ1) is 11.8. The van der Waals surface area contributed by atoms with Gasteiger partial charge in [-0.05, 0) is 35.4 Å². The van der Waals surface area contributed by atoms with Gasteiger partial charge in [-0.15, -0.1) is 11.3 Å². The molecule has 3 rings (SSSR count). The maximum absolute atomic E-state index is 4.25. The van der Waals surface area contributed by atoms with Crippen LogP contribution in [-0.2, 0) is 20.0 Å². The van der Waals surface area contributed by atoms with Gasteiger partial charge in [-0.3, -0.25) is 4.68 Å². The van der Waals surface area contributed by atoms with Crippen LogP contribution in [0.1, 0.15) is 47.4 Å². The standard InChI is InChI=1S/C20H25N3S/c1-3-4-6-16-8-10-18(11-9-16)20(19-7-5-12-24-19)21-13-17-14-22-23(2)15-17/h5,7-12,14-15,20-21H,3-4,6,13H2,1-2H3. The van der Waals surface area contributed by atoms with Crippen molar-refractivity contribution < 1.29 is 0 Å². The van der Waals surface area contributed by atoms with Crippen molar-refractivity contribution in [1.29, 1.82) is 0 Å². The number of nitrogens with zero attached hydrogens (tertiary/aromatic N) is 2. The van der Waals surface area contributed by atoms with Gasteiger partial charge < -0.3 is 5.32 Å². The van der Waals surface area contributed by atoms with E-state index in [9.17, 15) is 0 Å². The van der Waals surface area contributed by atoms with E-state index in [1.165, 1.54) is 40.8 Å². The minimum absolute atomic E-state index is 0.227. The number of rotatable bonds is 8. The van der Waals surface area contributed by atoms with Crippen molar-refractivity contribution >= 4 is 11.3 Å². The molecule has 4 heteroatoms. The van der Waals surface area contributed by atoms with Crippen LogP contribution in [0, 0.1) is 0 Å². The first-order valence-corrected chi connectivity index (χ1v) is 9.47. The highest BCUT2D eigenvalue weighted by atomic mass is 32.1. The lowest BCUT2D eigenvalue weighted by atomic mass is 10.0. The fourth-order valence-electron chi connectivity index (χ4n) is 2.88. The smallest absolute Gasteiger partial charge is 0.0673 e. The number of aromatic nitrogens is 2. The molecule has 1 unspecified atom stereocenters. The van der Waals surface area contributed by atoms with E-state index in [1.807, 2.05) is 17.9 Å². The van der Waals surface area contributed by atoms with E-state index in [2.05, 4.69) is 65.3 Å². The van der Waals surface area contributed by atoms with Gasteiger partial charge in [0.25, 0.3) is 0 Å². The molecule has 0 radical (unpaired) electrons. The van der Waals surface area contributed by atoms with E-state index in [0.717, 1.165) is 6.54 Å². The van der Waals surface area contributed by atoms with E-state index in [-0.39, 0.29) is 6.04 Å². The molecule has 1 atom stereocenters. The Morgan fingerprint density at radius 3 is 2.62 bits per heavy atom. The molecular weight excluding hydrogens is 314 g/mol. The summed E-state index contributed by atoms with van der Waals surface area (Å²) >= 11 is 1.80. The van der Waals surface area contributed by atoms with Gasteiger partial charge in [0.2, 0.25) is 0 Å². The van der Waals surface area contributed by atoms with E-state index in [0.29, 0.717) is 0 Å². The maximum Gasteiger partial charge on any atom is 0.0673 e. The Morgan fingerprint density at radius 1 is 1.17 bits per heavy atom. The van der Waals surface area contributed by atoms with Gasteiger partial charge in [0.15, 0.2) is 0 Å². The molecule has 2 aromatic heterocycles. The lowest BCUT2D eigenvalue weighted by molar-refractivity contribution is 0.612. The second-order valence-electron chi connectivity index (χ2n) is 6.20. The molecule has 0 saturated carbocycles. The van der Waals surface area contributed by atoms with Crippen molar-refractivity contribution in [3.63, 3.8) is 0 Å². The molecule has 24 heavy (non-hydrogen) atoms. The van der Waals surface area contributed by atoms with Crippen LogP contribution in [-0.4, -0.2) is 9.78 Å². The molecule has 126 valence electrons. The summed E-state index contributed by atoms with van der Waals surface area (Å²) in [6, 6.07) is 13.6. The minimum atomic E-state index is 0.227. The first-order valence-electron chi connectivity index (χ1n) is 8.59. The van der Waals surface area contributed by atoms with Gasteiger partial charge in [-0.2, -0.15) is 5.10 Å². The van der Waals surface area contributed by atoms with E-state index < -0.39 is 0 Å². The van der Waals surface area contributed by atoms with Crippen molar-refractivity contribution in [2.75, 3.05) is 0 Å². The van der Waals surface area contributed by atoms with Crippen LogP contribution in [0.2, 0.25) is 0 Å². The van der Waals surface area contributed by atoms with Crippen LogP contribution in [0.25, 0.3) is 0 Å². The predicted octanol–water partition coefficient (Wildman–Crippen LogP) is 4.70. The highest BCUT2D eigenvalue weighted by molar-refractivity contribution is 7.10. The number of benzene rings is 1. The van der Waals surface area contributed by atoms with E-state index in [4.69, 9.17) is 0 Å². The third-order valence-corrected chi connectivity index (χ3v) is 5.17. The number of unbranched alkanes of at least 4 members (excludes halogenated alkanes) is 1. The predicted molar refractivity (Wildman–Crippen MR) is 101 cm³/mol. The topological polar surface area (TPSA) is 29.9 Å². The van der Waals surface area contributed by atoms with Crippen LogP contribution in [0.3, 0.4) is 0 Å². The quantitative estimate of drug-likeness (QED) is 0.644. The zero-order chi connectivity index (χ0) is 16.8. The van der Waals surface area contributed by atoms with Gasteiger partial charge in [-0.1, -0.05) is 43.7 Å². The molecule has 0 spiro atoms. The van der Waals surface area contributed by atoms with E-state index >= 15 is 0 Å². The zero-order valence-electron chi connectivity index (χ0n) is 14.4. The fourth-order valence-corrected chi connectivity index (χ4v) is 3.71.